The van der Waals surface area contributed by atoms with E-state index in [-0.39, 0.29) is 11.4 Å². The minimum Gasteiger partial charge on any atom is -0.357 e. The molecule has 0 saturated carbocycles. The molecule has 0 fully saturated rings. The average Bonchev–Trinajstić information content (AvgIpc) is 2.50. The Morgan fingerprint density at radius 2 is 1.87 bits per heavy atom. The van der Waals surface area contributed by atoms with Crippen molar-refractivity contribution >= 4 is 17.4 Å². The van der Waals surface area contributed by atoms with Crippen molar-refractivity contribution in [2.75, 3.05) is 23.3 Å². The van der Waals surface area contributed by atoms with Crippen LogP contribution in [0.2, 0.25) is 0 Å². The summed E-state index contributed by atoms with van der Waals surface area (Å²) in [5, 5.41) is 2.39. The van der Waals surface area contributed by atoms with Gasteiger partial charge in [-0.2, -0.15) is 0 Å². The van der Waals surface area contributed by atoms with Gasteiger partial charge in [-0.15, -0.1) is 0 Å². The highest BCUT2D eigenvalue weighted by atomic mass is 19.1. The minimum absolute atomic E-state index is 0.0999. The van der Waals surface area contributed by atoms with Crippen molar-refractivity contribution in [3.8, 4) is 0 Å². The van der Waals surface area contributed by atoms with Crippen LogP contribution in [-0.2, 0) is 0 Å². The molecular weight excluding hydrogens is 302 g/mol. The monoisotopic (exact) mass is 320 g/mol. The maximum atomic E-state index is 13.6. The summed E-state index contributed by atoms with van der Waals surface area (Å²) in [5.41, 5.74) is 0.0279. The molecule has 0 saturated heterocycles. The van der Waals surface area contributed by atoms with E-state index in [1.165, 1.54) is 6.07 Å². The predicted octanol–water partition coefficient (Wildman–Crippen LogP) is 3.16. The number of nitrogens with zero attached hydrogens (tertiary/aromatic N) is 3. The van der Waals surface area contributed by atoms with Crippen LogP contribution in [0.4, 0.5) is 20.3 Å². The van der Waals surface area contributed by atoms with Crippen molar-refractivity contribution in [3.05, 3.63) is 47.4 Å². The van der Waals surface area contributed by atoms with Gasteiger partial charge in [0.15, 0.2) is 0 Å². The van der Waals surface area contributed by atoms with E-state index in [4.69, 9.17) is 0 Å². The molecule has 7 heteroatoms. The van der Waals surface area contributed by atoms with Crippen LogP contribution in [0.5, 0.6) is 0 Å². The average molecular weight is 320 g/mol. The first-order valence-electron chi connectivity index (χ1n) is 7.31. The van der Waals surface area contributed by atoms with Gasteiger partial charge >= 0.3 is 0 Å². The van der Waals surface area contributed by atoms with Crippen LogP contribution < -0.4 is 10.2 Å². The molecule has 2 aromatic rings. The van der Waals surface area contributed by atoms with Crippen LogP contribution in [0.25, 0.3) is 0 Å². The van der Waals surface area contributed by atoms with Crippen molar-refractivity contribution < 1.29 is 13.6 Å². The van der Waals surface area contributed by atoms with E-state index in [0.29, 0.717) is 17.7 Å². The number of rotatable bonds is 5. The van der Waals surface area contributed by atoms with Gasteiger partial charge in [0.05, 0.1) is 5.69 Å². The number of carbonyl (C=O) groups excluding carboxylic acids is 1. The molecule has 1 N–H and O–H groups in total. The molecule has 0 aliphatic rings. The molecule has 1 heterocycles. The number of carbonyl (C=O) groups is 1. The quantitative estimate of drug-likeness (QED) is 0.919. The van der Waals surface area contributed by atoms with Crippen LogP contribution >= 0.6 is 0 Å². The summed E-state index contributed by atoms with van der Waals surface area (Å²) in [7, 11) is 0. The molecule has 1 amide bonds. The number of anilines is 2. The Morgan fingerprint density at radius 3 is 2.48 bits per heavy atom. The zero-order valence-electron chi connectivity index (χ0n) is 13.2. The van der Waals surface area contributed by atoms with Gasteiger partial charge in [0.25, 0.3) is 5.91 Å². The minimum atomic E-state index is -0.840. The molecule has 0 aliphatic carbocycles. The first-order valence-corrected chi connectivity index (χ1v) is 7.31. The number of hydrogen-bond donors (Lipinski definition) is 1. The molecule has 1 aromatic heterocycles. The number of aryl methyl sites for hydroxylation is 1. The fraction of sp³-hybridized carbons (Fsp3) is 0.312. The summed E-state index contributed by atoms with van der Waals surface area (Å²) in [4.78, 5) is 22.6. The summed E-state index contributed by atoms with van der Waals surface area (Å²) < 4.78 is 26.5. The molecule has 0 bridgehead atoms. The third kappa shape index (κ3) is 4.00. The Kier molecular flexibility index (Phi) is 5.20. The van der Waals surface area contributed by atoms with Crippen molar-refractivity contribution in [1.82, 2.24) is 9.97 Å². The number of halogens is 2. The molecule has 0 atom stereocenters. The number of aromatic nitrogens is 2. The Hall–Kier alpha value is -2.57. The lowest BCUT2D eigenvalue weighted by Crippen LogP contribution is -2.25. The number of nitrogens with one attached hydrogen (secondary N) is 1. The standard InChI is InChI=1S/C16H18F2N4O/c1-4-22(5-2)15-9-14(19-10(3)20-15)16(23)21-13-7-6-11(17)8-12(13)18/h6-9H,4-5H2,1-3H3,(H,21,23). The Balaban J connectivity index is 2.28. The van der Waals surface area contributed by atoms with Gasteiger partial charge in [-0.3, -0.25) is 4.79 Å². The van der Waals surface area contributed by atoms with Crippen LogP contribution in [0, 0.1) is 18.6 Å². The predicted molar refractivity (Wildman–Crippen MR) is 84.6 cm³/mol. The fourth-order valence-corrected chi connectivity index (χ4v) is 2.16. The van der Waals surface area contributed by atoms with Crippen molar-refractivity contribution in [2.45, 2.75) is 20.8 Å². The van der Waals surface area contributed by atoms with Crippen LogP contribution in [0.1, 0.15) is 30.2 Å². The molecular formula is C16H18F2N4O. The highest BCUT2D eigenvalue weighted by Gasteiger charge is 2.15. The van der Waals surface area contributed by atoms with E-state index in [1.807, 2.05) is 18.7 Å². The number of benzene rings is 1. The first kappa shape index (κ1) is 16.8. The van der Waals surface area contributed by atoms with E-state index in [9.17, 15) is 13.6 Å². The molecule has 0 unspecified atom stereocenters. The summed E-state index contributed by atoms with van der Waals surface area (Å²) in [5.74, 6) is -1.05. The molecule has 1 aromatic carbocycles. The smallest absolute Gasteiger partial charge is 0.274 e. The van der Waals surface area contributed by atoms with Gasteiger partial charge in [-0.1, -0.05) is 0 Å². The van der Waals surface area contributed by atoms with Gasteiger partial charge < -0.3 is 10.2 Å². The number of amides is 1. The molecule has 0 radical (unpaired) electrons. The van der Waals surface area contributed by atoms with Crippen LogP contribution in [-0.4, -0.2) is 29.0 Å². The second-order valence-electron chi connectivity index (χ2n) is 4.91. The van der Waals surface area contributed by atoms with Crippen molar-refractivity contribution in [2.24, 2.45) is 0 Å². The van der Waals surface area contributed by atoms with E-state index in [1.54, 1.807) is 13.0 Å². The maximum absolute atomic E-state index is 13.6. The third-order valence-electron chi connectivity index (χ3n) is 3.32. The largest absolute Gasteiger partial charge is 0.357 e. The lowest BCUT2D eigenvalue weighted by atomic mass is 10.2. The molecule has 122 valence electrons. The SMILES string of the molecule is CCN(CC)c1cc(C(=O)Nc2ccc(F)cc2F)nc(C)n1. The van der Waals surface area contributed by atoms with E-state index in [2.05, 4.69) is 15.3 Å². The molecule has 0 aliphatic heterocycles. The normalized spacial score (nSPS) is 10.5. The lowest BCUT2D eigenvalue weighted by Gasteiger charge is -2.20. The van der Waals surface area contributed by atoms with E-state index < -0.39 is 17.5 Å². The molecule has 2 rings (SSSR count). The highest BCUT2D eigenvalue weighted by Crippen LogP contribution is 2.17. The van der Waals surface area contributed by atoms with Gasteiger partial charge in [-0.25, -0.2) is 18.7 Å². The highest BCUT2D eigenvalue weighted by molar-refractivity contribution is 6.03. The number of hydrogen-bond acceptors (Lipinski definition) is 4. The summed E-state index contributed by atoms with van der Waals surface area (Å²) in [6.45, 7) is 7.12. The first-order chi connectivity index (χ1) is 10.9. The third-order valence-corrected chi connectivity index (χ3v) is 3.32. The van der Waals surface area contributed by atoms with Crippen molar-refractivity contribution in [1.29, 1.82) is 0 Å². The molecule has 23 heavy (non-hydrogen) atoms. The lowest BCUT2D eigenvalue weighted by molar-refractivity contribution is 0.102. The Labute approximate surface area is 133 Å². The Morgan fingerprint density at radius 1 is 1.17 bits per heavy atom. The second-order valence-corrected chi connectivity index (χ2v) is 4.91. The van der Waals surface area contributed by atoms with Crippen LogP contribution in [0.15, 0.2) is 24.3 Å². The van der Waals surface area contributed by atoms with E-state index >= 15 is 0 Å². The van der Waals surface area contributed by atoms with E-state index in [0.717, 1.165) is 19.2 Å². The van der Waals surface area contributed by atoms with Gasteiger partial charge in [0.1, 0.15) is 29.0 Å². The summed E-state index contributed by atoms with van der Waals surface area (Å²) >= 11 is 0. The zero-order valence-corrected chi connectivity index (χ0v) is 13.2. The molecule has 5 nitrogen and oxygen atoms in total. The zero-order chi connectivity index (χ0) is 17.0. The maximum Gasteiger partial charge on any atom is 0.274 e. The van der Waals surface area contributed by atoms with Crippen molar-refractivity contribution in [3.63, 3.8) is 0 Å². The summed E-state index contributed by atoms with van der Waals surface area (Å²) in [6, 6.07) is 4.51. The fourth-order valence-electron chi connectivity index (χ4n) is 2.16. The van der Waals surface area contributed by atoms with Gasteiger partial charge in [-0.05, 0) is 32.9 Å². The summed E-state index contributed by atoms with van der Waals surface area (Å²) in [6.07, 6.45) is 0. The Bertz CT molecular complexity index is 717. The van der Waals surface area contributed by atoms with Crippen LogP contribution in [0.3, 0.4) is 0 Å². The van der Waals surface area contributed by atoms with Gasteiger partial charge in [0, 0.05) is 25.2 Å². The topological polar surface area (TPSA) is 58.1 Å². The molecule has 0 spiro atoms. The second kappa shape index (κ2) is 7.13. The van der Waals surface area contributed by atoms with Gasteiger partial charge in [0.2, 0.25) is 0 Å².